The number of aromatic nitrogens is 2. The fourth-order valence-corrected chi connectivity index (χ4v) is 2.71. The third-order valence-electron chi connectivity index (χ3n) is 3.32. The number of nitrogens with zero attached hydrogens (tertiary/aromatic N) is 2. The molecule has 0 aliphatic carbocycles. The molecule has 1 unspecified atom stereocenters. The van der Waals surface area contributed by atoms with Crippen LogP contribution in [0.1, 0.15) is 12.5 Å². The predicted molar refractivity (Wildman–Crippen MR) is 82.7 cm³/mol. The maximum Gasteiger partial charge on any atom is 0.418 e. The van der Waals surface area contributed by atoms with Crippen LogP contribution in [0.4, 0.5) is 18.9 Å². The number of nitrogens with one attached hydrogen (secondary N) is 1. The summed E-state index contributed by atoms with van der Waals surface area (Å²) in [4.78, 5) is -0.579. The summed E-state index contributed by atoms with van der Waals surface area (Å²) in [5.74, 6) is 0.00361. The normalized spacial score (nSPS) is 13.7. The number of halogens is 3. The molecule has 1 heterocycles. The monoisotopic (exact) mass is 362 g/mol. The summed E-state index contributed by atoms with van der Waals surface area (Å²) in [5, 5.41) is 11.6. The van der Waals surface area contributed by atoms with Crippen molar-refractivity contribution in [1.82, 2.24) is 9.78 Å². The van der Waals surface area contributed by atoms with Gasteiger partial charge in [-0.05, 0) is 30.2 Å². The zero-order valence-corrected chi connectivity index (χ0v) is 13.6. The molecule has 0 fully saturated rings. The average molecular weight is 362 g/mol. The number of anilines is 1. The van der Waals surface area contributed by atoms with E-state index in [1.807, 2.05) is 6.92 Å². The summed E-state index contributed by atoms with van der Waals surface area (Å²) in [6.45, 7) is 2.66. The van der Waals surface area contributed by atoms with Gasteiger partial charge in [-0.3, -0.25) is 4.68 Å². The second-order valence-electron chi connectivity index (χ2n) is 5.46. The first kappa shape index (κ1) is 18.3. The highest BCUT2D eigenvalue weighted by Gasteiger charge is 2.34. The van der Waals surface area contributed by atoms with Gasteiger partial charge in [0.15, 0.2) is 0 Å². The van der Waals surface area contributed by atoms with Crippen molar-refractivity contribution in [3.8, 4) is 0 Å². The highest BCUT2D eigenvalue weighted by atomic mass is 32.2. The van der Waals surface area contributed by atoms with Crippen LogP contribution in [0.2, 0.25) is 0 Å². The van der Waals surface area contributed by atoms with Gasteiger partial charge < -0.3 is 5.32 Å². The Hall–Kier alpha value is -2.07. The van der Waals surface area contributed by atoms with Crippen LogP contribution in [0.3, 0.4) is 0 Å². The van der Waals surface area contributed by atoms with Crippen LogP contribution in [0.25, 0.3) is 0 Å². The van der Waals surface area contributed by atoms with E-state index in [1.54, 1.807) is 23.1 Å². The zero-order valence-electron chi connectivity index (χ0n) is 12.8. The van der Waals surface area contributed by atoms with Crippen molar-refractivity contribution in [2.75, 3.05) is 11.9 Å². The van der Waals surface area contributed by atoms with Gasteiger partial charge in [0.1, 0.15) is 0 Å². The lowest BCUT2D eigenvalue weighted by atomic mass is 10.1. The van der Waals surface area contributed by atoms with Gasteiger partial charge in [0, 0.05) is 31.2 Å². The van der Waals surface area contributed by atoms with Gasteiger partial charge in [0.05, 0.1) is 10.5 Å². The van der Waals surface area contributed by atoms with E-state index in [-0.39, 0.29) is 18.2 Å². The largest absolute Gasteiger partial charge is 0.418 e. The molecular weight excluding hydrogens is 345 g/mol. The summed E-state index contributed by atoms with van der Waals surface area (Å²) >= 11 is 0. The van der Waals surface area contributed by atoms with E-state index >= 15 is 0 Å². The average Bonchev–Trinajstić information content (AvgIpc) is 2.95. The molecule has 0 aliphatic heterocycles. The van der Waals surface area contributed by atoms with Crippen LogP contribution in [0.15, 0.2) is 41.6 Å². The van der Waals surface area contributed by atoms with Crippen LogP contribution < -0.4 is 10.5 Å². The summed E-state index contributed by atoms with van der Waals surface area (Å²) in [6, 6.07) is 4.41. The van der Waals surface area contributed by atoms with Crippen molar-refractivity contribution in [3.63, 3.8) is 0 Å². The van der Waals surface area contributed by atoms with Crippen molar-refractivity contribution in [2.45, 2.75) is 24.5 Å². The Morgan fingerprint density at radius 1 is 1.38 bits per heavy atom. The molecule has 0 saturated carbocycles. The fourth-order valence-electron chi connectivity index (χ4n) is 2.17. The molecule has 1 aromatic carbocycles. The second-order valence-corrected chi connectivity index (χ2v) is 7.03. The van der Waals surface area contributed by atoms with Crippen molar-refractivity contribution in [1.29, 1.82) is 0 Å². The van der Waals surface area contributed by atoms with E-state index in [1.165, 1.54) is 0 Å². The lowest BCUT2D eigenvalue weighted by Crippen LogP contribution is -2.20. The Morgan fingerprint density at radius 3 is 2.62 bits per heavy atom. The lowest BCUT2D eigenvalue weighted by Gasteiger charge is -2.18. The number of hydrogen-bond acceptors (Lipinski definition) is 4. The number of alkyl halides is 3. The quantitative estimate of drug-likeness (QED) is 0.825. The molecule has 0 saturated heterocycles. The minimum atomic E-state index is -4.70. The Bertz CT molecular complexity index is 789. The van der Waals surface area contributed by atoms with Crippen molar-refractivity contribution in [2.24, 2.45) is 11.1 Å². The van der Waals surface area contributed by atoms with Crippen LogP contribution in [-0.4, -0.2) is 24.7 Å². The highest BCUT2D eigenvalue weighted by molar-refractivity contribution is 7.89. The summed E-state index contributed by atoms with van der Waals surface area (Å²) in [7, 11) is -4.21. The number of primary sulfonamides is 1. The Balaban J connectivity index is 2.17. The van der Waals surface area contributed by atoms with E-state index in [9.17, 15) is 21.6 Å². The number of rotatable bonds is 6. The third-order valence-corrected chi connectivity index (χ3v) is 4.23. The minimum absolute atomic E-state index is 0.00361. The summed E-state index contributed by atoms with van der Waals surface area (Å²) in [5.41, 5.74) is -1.26. The van der Waals surface area contributed by atoms with Crippen molar-refractivity contribution in [3.05, 3.63) is 42.2 Å². The predicted octanol–water partition coefficient (Wildman–Crippen LogP) is 2.30. The molecule has 0 radical (unpaired) electrons. The molecule has 0 amide bonds. The van der Waals surface area contributed by atoms with Crippen LogP contribution in [-0.2, 0) is 22.7 Å². The van der Waals surface area contributed by atoms with Crippen LogP contribution in [0, 0.1) is 5.92 Å². The van der Waals surface area contributed by atoms with E-state index in [0.29, 0.717) is 12.6 Å². The van der Waals surface area contributed by atoms with Crippen LogP contribution >= 0.6 is 0 Å². The molecule has 0 bridgehead atoms. The first-order valence-corrected chi connectivity index (χ1v) is 8.57. The van der Waals surface area contributed by atoms with E-state index in [4.69, 9.17) is 5.14 Å². The number of sulfonamides is 1. The smallest absolute Gasteiger partial charge is 0.384 e. The Labute approximate surface area is 137 Å². The molecule has 6 nitrogen and oxygen atoms in total. The SMILES string of the molecule is CC(CNc1ccc(S(N)(=O)=O)cc1C(F)(F)F)Cn1cccn1. The first-order valence-electron chi connectivity index (χ1n) is 7.02. The molecule has 2 aromatic rings. The maximum absolute atomic E-state index is 13.2. The molecule has 2 rings (SSSR count). The second kappa shape index (κ2) is 6.81. The molecule has 0 aliphatic rings. The fraction of sp³-hybridized carbons (Fsp3) is 0.357. The Morgan fingerprint density at radius 2 is 2.08 bits per heavy atom. The van der Waals surface area contributed by atoms with Gasteiger partial charge in [-0.25, -0.2) is 13.6 Å². The van der Waals surface area contributed by atoms with Crippen molar-refractivity contribution < 1.29 is 21.6 Å². The van der Waals surface area contributed by atoms with E-state index < -0.39 is 26.7 Å². The topological polar surface area (TPSA) is 90.0 Å². The lowest BCUT2D eigenvalue weighted by molar-refractivity contribution is -0.137. The van der Waals surface area contributed by atoms with Gasteiger partial charge >= 0.3 is 6.18 Å². The third kappa shape index (κ3) is 4.71. The molecule has 0 spiro atoms. The highest BCUT2D eigenvalue weighted by Crippen LogP contribution is 2.36. The molecule has 24 heavy (non-hydrogen) atoms. The van der Waals surface area contributed by atoms with Gasteiger partial charge in [-0.1, -0.05) is 6.92 Å². The molecule has 1 atom stereocenters. The van der Waals surface area contributed by atoms with Crippen molar-refractivity contribution >= 4 is 15.7 Å². The van der Waals surface area contributed by atoms with Gasteiger partial charge in [0.2, 0.25) is 10.0 Å². The summed E-state index contributed by atoms with van der Waals surface area (Å²) < 4.78 is 63.6. The molecule has 10 heteroatoms. The van der Waals surface area contributed by atoms with Crippen LogP contribution in [0.5, 0.6) is 0 Å². The molecule has 1 aromatic heterocycles. The zero-order chi connectivity index (χ0) is 18.0. The van der Waals surface area contributed by atoms with Gasteiger partial charge in [-0.2, -0.15) is 18.3 Å². The maximum atomic E-state index is 13.2. The molecular formula is C14H17F3N4O2S. The standard InChI is InChI=1S/C14H17F3N4O2S/c1-10(9-21-6-2-5-20-21)8-19-13-4-3-11(24(18,22)23)7-12(13)14(15,16)17/h2-7,10,19H,8-9H2,1H3,(H2,18,22,23). The van der Waals surface area contributed by atoms with E-state index in [2.05, 4.69) is 10.4 Å². The van der Waals surface area contributed by atoms with Gasteiger partial charge in [0.25, 0.3) is 0 Å². The number of benzene rings is 1. The first-order chi connectivity index (χ1) is 11.1. The molecule has 132 valence electrons. The summed E-state index contributed by atoms with van der Waals surface area (Å²) in [6.07, 6.45) is -1.32. The van der Waals surface area contributed by atoms with E-state index in [0.717, 1.165) is 12.1 Å². The number of hydrogen-bond donors (Lipinski definition) is 2. The van der Waals surface area contributed by atoms with Gasteiger partial charge in [-0.15, -0.1) is 0 Å². The molecule has 3 N–H and O–H groups in total. The number of nitrogens with two attached hydrogens (primary N) is 1. The Kier molecular flexibility index (Phi) is 5.19. The minimum Gasteiger partial charge on any atom is -0.384 e.